The van der Waals surface area contributed by atoms with Crippen molar-refractivity contribution in [3.8, 4) is 6.07 Å². The van der Waals surface area contributed by atoms with Gasteiger partial charge in [0.2, 0.25) is 5.91 Å². The van der Waals surface area contributed by atoms with E-state index in [1.165, 1.54) is 0 Å². The van der Waals surface area contributed by atoms with E-state index in [1.807, 2.05) is 18.7 Å². The maximum absolute atomic E-state index is 12.5. The third-order valence-electron chi connectivity index (χ3n) is 4.79. The lowest BCUT2D eigenvalue weighted by atomic mass is 9.80. The minimum Gasteiger partial charge on any atom is -0.393 e. The van der Waals surface area contributed by atoms with Crippen LogP contribution < -0.4 is 0 Å². The van der Waals surface area contributed by atoms with Gasteiger partial charge in [-0.05, 0) is 39.5 Å². The molecule has 1 aliphatic heterocycles. The van der Waals surface area contributed by atoms with Gasteiger partial charge in [0.1, 0.15) is 0 Å². The lowest BCUT2D eigenvalue weighted by Gasteiger charge is -2.37. The van der Waals surface area contributed by atoms with Crippen LogP contribution in [0.15, 0.2) is 0 Å². The van der Waals surface area contributed by atoms with E-state index in [2.05, 4.69) is 6.07 Å². The molecule has 0 bridgehead atoms. The van der Waals surface area contributed by atoms with Crippen LogP contribution in [0.4, 0.5) is 0 Å². The Labute approximate surface area is 121 Å². The fourth-order valence-electron chi connectivity index (χ4n) is 3.66. The Balaban J connectivity index is 2.03. The molecule has 1 aliphatic carbocycles. The summed E-state index contributed by atoms with van der Waals surface area (Å²) in [5, 5.41) is 19.3. The van der Waals surface area contributed by atoms with Crippen LogP contribution >= 0.6 is 0 Å². The maximum atomic E-state index is 12.5. The largest absolute Gasteiger partial charge is 0.393 e. The first-order valence-electron chi connectivity index (χ1n) is 7.83. The summed E-state index contributed by atoms with van der Waals surface area (Å²) < 4.78 is 0. The van der Waals surface area contributed by atoms with E-state index in [4.69, 9.17) is 5.26 Å². The summed E-state index contributed by atoms with van der Waals surface area (Å²) in [6.45, 7) is 4.41. The molecule has 4 nitrogen and oxygen atoms in total. The summed E-state index contributed by atoms with van der Waals surface area (Å²) in [6, 6.07) is 2.39. The van der Waals surface area contributed by atoms with Gasteiger partial charge in [-0.3, -0.25) is 4.79 Å². The molecule has 0 spiro atoms. The van der Waals surface area contributed by atoms with Crippen molar-refractivity contribution in [2.45, 2.75) is 70.9 Å². The first-order chi connectivity index (χ1) is 9.44. The summed E-state index contributed by atoms with van der Waals surface area (Å²) in [5.41, 5.74) is -0.602. The van der Waals surface area contributed by atoms with Crippen molar-refractivity contribution in [3.63, 3.8) is 0 Å². The number of aliphatic hydroxyl groups is 1. The summed E-state index contributed by atoms with van der Waals surface area (Å²) in [5.74, 6) is 0.317. The van der Waals surface area contributed by atoms with Crippen molar-refractivity contribution in [1.29, 1.82) is 5.26 Å². The van der Waals surface area contributed by atoms with Crippen LogP contribution in [0.2, 0.25) is 0 Å². The predicted molar refractivity (Wildman–Crippen MR) is 76.7 cm³/mol. The number of rotatable bonds is 3. The second-order valence-corrected chi connectivity index (χ2v) is 6.98. The van der Waals surface area contributed by atoms with Gasteiger partial charge in [0, 0.05) is 24.9 Å². The van der Waals surface area contributed by atoms with Crippen LogP contribution in [0.5, 0.6) is 0 Å². The molecule has 0 aromatic carbocycles. The molecule has 1 saturated heterocycles. The Morgan fingerprint density at radius 3 is 2.65 bits per heavy atom. The molecule has 1 heterocycles. The normalized spacial score (nSPS) is 31.1. The Bertz CT molecular complexity index is 400. The van der Waals surface area contributed by atoms with Crippen LogP contribution in [0, 0.1) is 22.7 Å². The molecular weight excluding hydrogens is 252 g/mol. The molecule has 0 aromatic heterocycles. The van der Waals surface area contributed by atoms with E-state index in [1.54, 1.807) is 0 Å². The number of carbonyl (C=O) groups is 1. The van der Waals surface area contributed by atoms with Gasteiger partial charge in [0.25, 0.3) is 0 Å². The van der Waals surface area contributed by atoms with Gasteiger partial charge in [-0.2, -0.15) is 5.26 Å². The van der Waals surface area contributed by atoms with Crippen molar-refractivity contribution < 1.29 is 9.90 Å². The molecule has 4 heteroatoms. The number of nitriles is 1. The number of carbonyl (C=O) groups excluding carboxylic acids is 1. The number of likely N-dealkylation sites (tertiary alicyclic amines) is 1. The van der Waals surface area contributed by atoms with Crippen LogP contribution in [0.25, 0.3) is 0 Å². The summed E-state index contributed by atoms with van der Waals surface area (Å²) in [6.07, 6.45) is 6.19. The monoisotopic (exact) mass is 278 g/mol. The van der Waals surface area contributed by atoms with Crippen LogP contribution in [-0.2, 0) is 4.79 Å². The fraction of sp³-hybridized carbons (Fsp3) is 0.875. The summed E-state index contributed by atoms with van der Waals surface area (Å²) in [7, 11) is 0. The highest BCUT2D eigenvalue weighted by atomic mass is 16.3. The van der Waals surface area contributed by atoms with E-state index in [0.29, 0.717) is 0 Å². The zero-order valence-corrected chi connectivity index (χ0v) is 12.6. The number of aliphatic hydroxyl groups excluding tert-OH is 1. The first kappa shape index (κ1) is 15.3. The van der Waals surface area contributed by atoms with Crippen molar-refractivity contribution in [3.05, 3.63) is 0 Å². The molecule has 1 amide bonds. The minimum atomic E-state index is -0.602. The molecule has 1 N–H and O–H groups in total. The summed E-state index contributed by atoms with van der Waals surface area (Å²) in [4.78, 5) is 14.4. The highest BCUT2D eigenvalue weighted by Crippen LogP contribution is 2.35. The molecule has 2 aliphatic rings. The van der Waals surface area contributed by atoms with Gasteiger partial charge < -0.3 is 10.0 Å². The molecule has 112 valence electrons. The van der Waals surface area contributed by atoms with E-state index < -0.39 is 5.41 Å². The van der Waals surface area contributed by atoms with E-state index >= 15 is 0 Å². The molecule has 2 fully saturated rings. The third-order valence-corrected chi connectivity index (χ3v) is 4.79. The second kappa shape index (κ2) is 6.13. The SMILES string of the molecule is CC(C)(C#N)CC(=O)N1CCC[C@@H]1[C@@H]1CCCC[C@H]1O. The zero-order valence-electron chi connectivity index (χ0n) is 12.6. The number of amides is 1. The summed E-state index contributed by atoms with van der Waals surface area (Å²) >= 11 is 0. The van der Waals surface area contributed by atoms with Crippen molar-refractivity contribution in [1.82, 2.24) is 4.90 Å². The van der Waals surface area contributed by atoms with Gasteiger partial charge in [-0.25, -0.2) is 0 Å². The van der Waals surface area contributed by atoms with Gasteiger partial charge in [0.15, 0.2) is 0 Å². The molecule has 0 radical (unpaired) electrons. The van der Waals surface area contributed by atoms with Gasteiger partial charge >= 0.3 is 0 Å². The molecule has 0 aromatic rings. The minimum absolute atomic E-state index is 0.0804. The third kappa shape index (κ3) is 3.32. The second-order valence-electron chi connectivity index (χ2n) is 6.98. The zero-order chi connectivity index (χ0) is 14.8. The Morgan fingerprint density at radius 1 is 1.30 bits per heavy atom. The first-order valence-corrected chi connectivity index (χ1v) is 7.83. The Kier molecular flexibility index (Phi) is 4.70. The molecule has 0 unspecified atom stereocenters. The average molecular weight is 278 g/mol. The van der Waals surface area contributed by atoms with E-state index in [-0.39, 0.29) is 30.4 Å². The Morgan fingerprint density at radius 2 is 2.00 bits per heavy atom. The topological polar surface area (TPSA) is 64.3 Å². The van der Waals surface area contributed by atoms with Crippen molar-refractivity contribution in [2.24, 2.45) is 11.3 Å². The maximum Gasteiger partial charge on any atom is 0.224 e. The number of nitrogens with zero attached hydrogens (tertiary/aromatic N) is 2. The number of hydrogen-bond donors (Lipinski definition) is 1. The molecular formula is C16H26N2O2. The van der Waals surface area contributed by atoms with E-state index in [9.17, 15) is 9.90 Å². The van der Waals surface area contributed by atoms with Crippen molar-refractivity contribution >= 4 is 5.91 Å². The smallest absolute Gasteiger partial charge is 0.224 e. The van der Waals surface area contributed by atoms with Crippen LogP contribution in [0.3, 0.4) is 0 Å². The van der Waals surface area contributed by atoms with Crippen LogP contribution in [-0.4, -0.2) is 34.6 Å². The molecule has 3 atom stereocenters. The molecule has 1 saturated carbocycles. The quantitative estimate of drug-likeness (QED) is 0.862. The molecule has 2 rings (SSSR count). The highest BCUT2D eigenvalue weighted by Gasteiger charge is 2.39. The van der Waals surface area contributed by atoms with Crippen LogP contribution in [0.1, 0.15) is 58.8 Å². The fourth-order valence-corrected chi connectivity index (χ4v) is 3.66. The molecule has 20 heavy (non-hydrogen) atoms. The van der Waals surface area contributed by atoms with Gasteiger partial charge in [-0.1, -0.05) is 12.8 Å². The lowest BCUT2D eigenvalue weighted by molar-refractivity contribution is -0.135. The van der Waals surface area contributed by atoms with E-state index in [0.717, 1.165) is 45.1 Å². The van der Waals surface area contributed by atoms with Gasteiger partial charge in [-0.15, -0.1) is 0 Å². The lowest BCUT2D eigenvalue weighted by Crippen LogP contribution is -2.46. The highest BCUT2D eigenvalue weighted by molar-refractivity contribution is 5.78. The predicted octanol–water partition coefficient (Wildman–Crippen LogP) is 2.47. The Hall–Kier alpha value is -1.08. The standard InChI is InChI=1S/C16H26N2O2/c1-16(2,11-17)10-15(20)18-9-5-7-13(18)12-6-3-4-8-14(12)19/h12-14,19H,3-10H2,1-2H3/t12-,13+,14+/m0/s1. The number of hydrogen-bond acceptors (Lipinski definition) is 3. The average Bonchev–Trinajstić information content (AvgIpc) is 2.88. The van der Waals surface area contributed by atoms with Crippen molar-refractivity contribution in [2.75, 3.05) is 6.54 Å². The van der Waals surface area contributed by atoms with Gasteiger partial charge in [0.05, 0.1) is 17.6 Å².